The van der Waals surface area contributed by atoms with Crippen LogP contribution in [0.3, 0.4) is 0 Å². The molecule has 0 aliphatic rings. The van der Waals surface area contributed by atoms with Crippen LogP contribution in [0.1, 0.15) is 0 Å². The maximum Gasteiger partial charge on any atom is 0.199 e. The second-order valence-electron chi connectivity index (χ2n) is 3.07. The van der Waals surface area contributed by atoms with Gasteiger partial charge in [-0.1, -0.05) is 0 Å². The SMILES string of the molecule is COc1ccc(OC)c(-n2cn[nH]c2=S)c1. The maximum absolute atomic E-state index is 5.26. The van der Waals surface area contributed by atoms with Crippen molar-refractivity contribution in [1.82, 2.24) is 14.8 Å². The molecule has 0 bridgehead atoms. The highest BCUT2D eigenvalue weighted by Crippen LogP contribution is 2.27. The first-order valence-corrected chi connectivity index (χ1v) is 5.01. The van der Waals surface area contributed by atoms with Gasteiger partial charge in [-0.25, -0.2) is 0 Å². The molecule has 0 amide bonds. The average Bonchev–Trinajstić information content (AvgIpc) is 2.74. The minimum Gasteiger partial charge on any atom is -0.497 e. The summed E-state index contributed by atoms with van der Waals surface area (Å²) in [7, 11) is 3.22. The summed E-state index contributed by atoms with van der Waals surface area (Å²) < 4.78 is 12.6. The first-order valence-electron chi connectivity index (χ1n) is 4.60. The molecule has 0 spiro atoms. The van der Waals surface area contributed by atoms with Gasteiger partial charge in [0, 0.05) is 6.07 Å². The van der Waals surface area contributed by atoms with Crippen LogP contribution in [0, 0.1) is 4.77 Å². The fraction of sp³-hybridized carbons (Fsp3) is 0.200. The van der Waals surface area contributed by atoms with Crippen LogP contribution in [0.2, 0.25) is 0 Å². The molecule has 1 aromatic heterocycles. The van der Waals surface area contributed by atoms with E-state index in [2.05, 4.69) is 10.2 Å². The fourth-order valence-electron chi connectivity index (χ4n) is 1.40. The van der Waals surface area contributed by atoms with Gasteiger partial charge < -0.3 is 9.47 Å². The molecule has 0 fully saturated rings. The topological polar surface area (TPSA) is 52.1 Å². The number of benzene rings is 1. The molecule has 16 heavy (non-hydrogen) atoms. The van der Waals surface area contributed by atoms with Crippen molar-refractivity contribution in [3.8, 4) is 17.2 Å². The van der Waals surface area contributed by atoms with Gasteiger partial charge in [0.25, 0.3) is 0 Å². The monoisotopic (exact) mass is 237 g/mol. The third-order valence-electron chi connectivity index (χ3n) is 2.20. The van der Waals surface area contributed by atoms with E-state index in [0.717, 1.165) is 11.4 Å². The lowest BCUT2D eigenvalue weighted by Crippen LogP contribution is -1.97. The molecule has 0 saturated carbocycles. The van der Waals surface area contributed by atoms with Crippen molar-refractivity contribution in [3.63, 3.8) is 0 Å². The Bertz CT molecular complexity index is 547. The zero-order chi connectivity index (χ0) is 11.5. The molecule has 0 aliphatic heterocycles. The summed E-state index contributed by atoms with van der Waals surface area (Å²) in [4.78, 5) is 0. The minimum absolute atomic E-state index is 0.506. The van der Waals surface area contributed by atoms with Crippen molar-refractivity contribution in [2.24, 2.45) is 0 Å². The molecule has 6 heteroatoms. The van der Waals surface area contributed by atoms with Crippen LogP contribution in [0.5, 0.6) is 11.5 Å². The Hall–Kier alpha value is -1.82. The lowest BCUT2D eigenvalue weighted by molar-refractivity contribution is 0.401. The van der Waals surface area contributed by atoms with E-state index in [-0.39, 0.29) is 0 Å². The van der Waals surface area contributed by atoms with Crippen LogP contribution in [-0.2, 0) is 0 Å². The summed E-state index contributed by atoms with van der Waals surface area (Å²) in [6.07, 6.45) is 1.60. The van der Waals surface area contributed by atoms with Crippen molar-refractivity contribution in [3.05, 3.63) is 29.3 Å². The molecule has 1 heterocycles. The second-order valence-corrected chi connectivity index (χ2v) is 3.46. The highest BCUT2D eigenvalue weighted by Gasteiger charge is 2.08. The Morgan fingerprint density at radius 2 is 2.12 bits per heavy atom. The average molecular weight is 237 g/mol. The third kappa shape index (κ3) is 1.79. The van der Waals surface area contributed by atoms with E-state index in [4.69, 9.17) is 21.7 Å². The largest absolute Gasteiger partial charge is 0.497 e. The van der Waals surface area contributed by atoms with Crippen LogP contribution >= 0.6 is 12.2 Å². The molecule has 0 radical (unpaired) electrons. The van der Waals surface area contributed by atoms with E-state index in [9.17, 15) is 0 Å². The van der Waals surface area contributed by atoms with Crippen molar-refractivity contribution >= 4 is 12.2 Å². The van der Waals surface area contributed by atoms with Gasteiger partial charge in [0.05, 0.1) is 19.9 Å². The zero-order valence-corrected chi connectivity index (χ0v) is 9.75. The Labute approximate surface area is 97.6 Å². The smallest absolute Gasteiger partial charge is 0.199 e. The molecule has 5 nitrogen and oxygen atoms in total. The van der Waals surface area contributed by atoms with Gasteiger partial charge in [-0.3, -0.25) is 9.67 Å². The Kier molecular flexibility index (Phi) is 2.91. The van der Waals surface area contributed by atoms with E-state index < -0.39 is 0 Å². The Morgan fingerprint density at radius 1 is 1.31 bits per heavy atom. The first kappa shape index (κ1) is 10.7. The zero-order valence-electron chi connectivity index (χ0n) is 8.93. The summed E-state index contributed by atoms with van der Waals surface area (Å²) in [5.41, 5.74) is 0.792. The van der Waals surface area contributed by atoms with E-state index in [1.54, 1.807) is 25.1 Å². The predicted molar refractivity (Wildman–Crippen MR) is 61.9 cm³/mol. The Morgan fingerprint density at radius 3 is 2.69 bits per heavy atom. The predicted octanol–water partition coefficient (Wildman–Crippen LogP) is 1.95. The van der Waals surface area contributed by atoms with Crippen molar-refractivity contribution < 1.29 is 9.47 Å². The molecule has 0 unspecified atom stereocenters. The molecule has 0 aliphatic carbocycles. The number of nitrogens with zero attached hydrogens (tertiary/aromatic N) is 2. The molecule has 1 aromatic carbocycles. The number of hydrogen-bond acceptors (Lipinski definition) is 4. The second kappa shape index (κ2) is 4.36. The Balaban J connectivity index is 2.62. The minimum atomic E-state index is 0.506. The van der Waals surface area contributed by atoms with Gasteiger partial charge in [0.1, 0.15) is 17.8 Å². The number of methoxy groups -OCH3 is 2. The molecule has 0 saturated heterocycles. The number of hydrogen-bond donors (Lipinski definition) is 1. The summed E-state index contributed by atoms with van der Waals surface area (Å²) in [6, 6.07) is 5.49. The molecule has 2 aromatic rings. The lowest BCUT2D eigenvalue weighted by atomic mass is 10.2. The number of rotatable bonds is 3. The highest BCUT2D eigenvalue weighted by molar-refractivity contribution is 7.71. The van der Waals surface area contributed by atoms with E-state index in [1.807, 2.05) is 18.2 Å². The number of nitrogens with one attached hydrogen (secondary N) is 1. The van der Waals surface area contributed by atoms with Gasteiger partial charge in [0.2, 0.25) is 0 Å². The molecule has 2 rings (SSSR count). The maximum atomic E-state index is 5.26. The van der Waals surface area contributed by atoms with Crippen molar-refractivity contribution in [2.75, 3.05) is 14.2 Å². The normalized spacial score (nSPS) is 10.1. The number of H-pyrrole nitrogens is 1. The first-order chi connectivity index (χ1) is 7.76. The van der Waals surface area contributed by atoms with Crippen molar-refractivity contribution in [2.45, 2.75) is 0 Å². The number of ether oxygens (including phenoxy) is 2. The van der Waals surface area contributed by atoms with E-state index in [0.29, 0.717) is 10.5 Å². The summed E-state index contributed by atoms with van der Waals surface area (Å²) in [6.45, 7) is 0. The van der Waals surface area contributed by atoms with Crippen LogP contribution in [0.15, 0.2) is 24.5 Å². The number of aromatic nitrogens is 3. The highest BCUT2D eigenvalue weighted by atomic mass is 32.1. The quantitative estimate of drug-likeness (QED) is 0.829. The van der Waals surface area contributed by atoms with Gasteiger partial charge in [-0.15, -0.1) is 0 Å². The van der Waals surface area contributed by atoms with Crippen LogP contribution in [0.25, 0.3) is 5.69 Å². The van der Waals surface area contributed by atoms with Gasteiger partial charge >= 0.3 is 0 Å². The molecule has 1 N–H and O–H groups in total. The van der Waals surface area contributed by atoms with E-state index >= 15 is 0 Å². The van der Waals surface area contributed by atoms with Gasteiger partial charge in [0.15, 0.2) is 4.77 Å². The molecular formula is C10H11N3O2S. The van der Waals surface area contributed by atoms with Gasteiger partial charge in [-0.2, -0.15) is 5.10 Å². The molecular weight excluding hydrogens is 226 g/mol. The standard InChI is InChI=1S/C10H11N3O2S/c1-14-7-3-4-9(15-2)8(5-7)13-6-11-12-10(13)16/h3-6H,1-2H3,(H,12,16). The van der Waals surface area contributed by atoms with Crippen molar-refractivity contribution in [1.29, 1.82) is 0 Å². The molecule has 84 valence electrons. The van der Waals surface area contributed by atoms with Gasteiger partial charge in [-0.05, 0) is 24.4 Å². The molecule has 0 atom stereocenters. The van der Waals surface area contributed by atoms with Crippen LogP contribution in [0.4, 0.5) is 0 Å². The van der Waals surface area contributed by atoms with Crippen LogP contribution < -0.4 is 9.47 Å². The summed E-state index contributed by atoms with van der Waals surface area (Å²) >= 11 is 5.10. The van der Waals surface area contributed by atoms with Crippen LogP contribution in [-0.4, -0.2) is 29.0 Å². The number of aromatic amines is 1. The summed E-state index contributed by atoms with van der Waals surface area (Å²) in [5, 5.41) is 6.55. The summed E-state index contributed by atoms with van der Waals surface area (Å²) in [5.74, 6) is 1.44. The lowest BCUT2D eigenvalue weighted by Gasteiger charge is -2.10. The third-order valence-corrected chi connectivity index (χ3v) is 2.49. The van der Waals surface area contributed by atoms with E-state index in [1.165, 1.54) is 0 Å². The fourth-order valence-corrected chi connectivity index (χ4v) is 1.60.